The predicted molar refractivity (Wildman–Crippen MR) is 168 cm³/mol. The monoisotopic (exact) mass is 589 g/mol. The standard InChI is InChI=1S/C34H43N3O4S/c1-5-29-14-9-10-17-32(29)37(42(40,41)31-20-18-25(2)19-21-31)24-33(38)36(23-28-13-11-12-26(3)22-28)27(4)34(39)35-30-15-7-6-8-16-30/h9-14,17-22,27,30H,5-8,15-16,23-24H2,1-4H3,(H,35,39)/t27-/m1/s1. The second-order valence-electron chi connectivity index (χ2n) is 11.3. The number of nitrogens with one attached hydrogen (secondary N) is 1. The van der Waals surface area contributed by atoms with Gasteiger partial charge in [-0.3, -0.25) is 13.9 Å². The highest BCUT2D eigenvalue weighted by Gasteiger charge is 2.34. The lowest BCUT2D eigenvalue weighted by Gasteiger charge is -2.33. The Morgan fingerprint density at radius 3 is 2.26 bits per heavy atom. The number of hydrogen-bond acceptors (Lipinski definition) is 4. The SMILES string of the molecule is CCc1ccccc1N(CC(=O)N(Cc1cccc(C)c1)[C@H](C)C(=O)NC1CCCCC1)S(=O)(=O)c1ccc(C)cc1. The molecular formula is C34H43N3O4S. The van der Waals surface area contributed by atoms with Crippen molar-refractivity contribution in [2.24, 2.45) is 0 Å². The molecule has 1 aliphatic carbocycles. The van der Waals surface area contributed by atoms with Gasteiger partial charge in [0, 0.05) is 12.6 Å². The Kier molecular flexibility index (Phi) is 10.4. The fourth-order valence-corrected chi connectivity index (χ4v) is 7.01. The van der Waals surface area contributed by atoms with E-state index in [-0.39, 0.29) is 23.4 Å². The number of carbonyl (C=O) groups excluding carboxylic acids is 2. The molecule has 0 radical (unpaired) electrons. The minimum absolute atomic E-state index is 0.0967. The van der Waals surface area contributed by atoms with Gasteiger partial charge in [-0.05, 0) is 69.4 Å². The van der Waals surface area contributed by atoms with E-state index in [0.29, 0.717) is 12.1 Å². The van der Waals surface area contributed by atoms with E-state index in [4.69, 9.17) is 0 Å². The quantitative estimate of drug-likeness (QED) is 0.301. The number of amides is 2. The minimum Gasteiger partial charge on any atom is -0.352 e. The summed E-state index contributed by atoms with van der Waals surface area (Å²) in [6.07, 6.45) is 5.78. The van der Waals surface area contributed by atoms with Gasteiger partial charge in [0.15, 0.2) is 0 Å². The van der Waals surface area contributed by atoms with Gasteiger partial charge >= 0.3 is 0 Å². The van der Waals surface area contributed by atoms with E-state index in [1.54, 1.807) is 43.3 Å². The van der Waals surface area contributed by atoms with Crippen LogP contribution in [0.25, 0.3) is 0 Å². The lowest BCUT2D eigenvalue weighted by molar-refractivity contribution is -0.139. The molecule has 0 heterocycles. The Balaban J connectivity index is 1.70. The molecule has 1 N–H and O–H groups in total. The van der Waals surface area contributed by atoms with Gasteiger partial charge in [0.25, 0.3) is 10.0 Å². The molecule has 3 aromatic rings. The highest BCUT2D eigenvalue weighted by Crippen LogP contribution is 2.28. The smallest absolute Gasteiger partial charge is 0.264 e. The molecule has 1 atom stereocenters. The normalized spacial score (nSPS) is 14.7. The fraction of sp³-hybridized carbons (Fsp3) is 0.412. The van der Waals surface area contributed by atoms with Crippen LogP contribution in [-0.4, -0.2) is 43.8 Å². The van der Waals surface area contributed by atoms with E-state index in [1.165, 1.54) is 15.6 Å². The maximum atomic E-state index is 14.2. The van der Waals surface area contributed by atoms with Crippen molar-refractivity contribution in [3.05, 3.63) is 95.1 Å². The number of aryl methyl sites for hydroxylation is 3. The van der Waals surface area contributed by atoms with E-state index in [0.717, 1.165) is 47.9 Å². The molecule has 1 fully saturated rings. The summed E-state index contributed by atoms with van der Waals surface area (Å²) >= 11 is 0. The summed E-state index contributed by atoms with van der Waals surface area (Å²) in [5, 5.41) is 3.15. The average Bonchev–Trinajstić information content (AvgIpc) is 2.99. The van der Waals surface area contributed by atoms with E-state index in [9.17, 15) is 18.0 Å². The minimum atomic E-state index is -4.09. The van der Waals surface area contributed by atoms with Crippen molar-refractivity contribution in [1.29, 1.82) is 0 Å². The summed E-state index contributed by atoms with van der Waals surface area (Å²) in [6, 6.07) is 21.0. The van der Waals surface area contributed by atoms with Crippen LogP contribution >= 0.6 is 0 Å². The number of para-hydroxylation sites is 1. The number of rotatable bonds is 11. The molecule has 0 aromatic heterocycles. The Morgan fingerprint density at radius 2 is 1.60 bits per heavy atom. The molecule has 0 spiro atoms. The van der Waals surface area contributed by atoms with Crippen molar-refractivity contribution in [3.8, 4) is 0 Å². The number of anilines is 1. The molecule has 0 bridgehead atoms. The summed E-state index contributed by atoms with van der Waals surface area (Å²) in [5.41, 5.74) is 4.13. The molecule has 3 aromatic carbocycles. The molecule has 1 saturated carbocycles. The van der Waals surface area contributed by atoms with Crippen molar-refractivity contribution < 1.29 is 18.0 Å². The molecule has 42 heavy (non-hydrogen) atoms. The third kappa shape index (κ3) is 7.59. The first-order valence-corrected chi connectivity index (χ1v) is 16.4. The summed E-state index contributed by atoms with van der Waals surface area (Å²) in [5.74, 6) is -0.658. The van der Waals surface area contributed by atoms with Crippen LogP contribution in [0.3, 0.4) is 0 Å². The zero-order chi connectivity index (χ0) is 30.3. The zero-order valence-electron chi connectivity index (χ0n) is 25.2. The largest absolute Gasteiger partial charge is 0.352 e. The number of carbonyl (C=O) groups is 2. The number of sulfonamides is 1. The first-order valence-electron chi connectivity index (χ1n) is 14.9. The lowest BCUT2D eigenvalue weighted by atomic mass is 9.95. The van der Waals surface area contributed by atoms with Gasteiger partial charge in [0.2, 0.25) is 11.8 Å². The summed E-state index contributed by atoms with van der Waals surface area (Å²) in [4.78, 5) is 29.3. The van der Waals surface area contributed by atoms with E-state index < -0.39 is 28.5 Å². The van der Waals surface area contributed by atoms with Gasteiger partial charge in [0.1, 0.15) is 12.6 Å². The molecule has 0 unspecified atom stereocenters. The molecule has 8 heteroatoms. The van der Waals surface area contributed by atoms with E-state index >= 15 is 0 Å². The molecule has 0 aliphatic heterocycles. The van der Waals surface area contributed by atoms with Crippen LogP contribution in [0.4, 0.5) is 5.69 Å². The van der Waals surface area contributed by atoms with Crippen molar-refractivity contribution in [3.63, 3.8) is 0 Å². The van der Waals surface area contributed by atoms with Crippen LogP contribution in [0.1, 0.15) is 68.2 Å². The van der Waals surface area contributed by atoms with Crippen molar-refractivity contribution in [2.75, 3.05) is 10.8 Å². The van der Waals surface area contributed by atoms with Crippen LogP contribution in [0, 0.1) is 13.8 Å². The van der Waals surface area contributed by atoms with Gasteiger partial charge in [-0.15, -0.1) is 0 Å². The van der Waals surface area contributed by atoms with Crippen LogP contribution in [0.2, 0.25) is 0 Å². The maximum Gasteiger partial charge on any atom is 0.264 e. The van der Waals surface area contributed by atoms with Crippen LogP contribution in [0.5, 0.6) is 0 Å². The Bertz CT molecular complexity index is 1480. The Morgan fingerprint density at radius 1 is 0.905 bits per heavy atom. The topological polar surface area (TPSA) is 86.8 Å². The van der Waals surface area contributed by atoms with E-state index in [2.05, 4.69) is 5.32 Å². The fourth-order valence-electron chi connectivity index (χ4n) is 5.56. The zero-order valence-corrected chi connectivity index (χ0v) is 26.0. The summed E-state index contributed by atoms with van der Waals surface area (Å²) in [7, 11) is -4.09. The third-order valence-corrected chi connectivity index (χ3v) is 9.86. The summed E-state index contributed by atoms with van der Waals surface area (Å²) in [6.45, 7) is 7.32. The Labute approximate surface area is 251 Å². The summed E-state index contributed by atoms with van der Waals surface area (Å²) < 4.78 is 29.4. The van der Waals surface area contributed by atoms with Crippen molar-refractivity contribution in [1.82, 2.24) is 10.2 Å². The van der Waals surface area contributed by atoms with Gasteiger partial charge in [-0.1, -0.05) is 91.9 Å². The number of nitrogens with zero attached hydrogens (tertiary/aromatic N) is 2. The van der Waals surface area contributed by atoms with Crippen molar-refractivity contribution >= 4 is 27.5 Å². The average molecular weight is 590 g/mol. The molecule has 0 saturated heterocycles. The van der Waals surface area contributed by atoms with Crippen LogP contribution in [0.15, 0.2) is 77.7 Å². The molecule has 1 aliphatic rings. The van der Waals surface area contributed by atoms with Gasteiger partial charge < -0.3 is 10.2 Å². The van der Waals surface area contributed by atoms with E-state index in [1.807, 2.05) is 57.2 Å². The maximum absolute atomic E-state index is 14.2. The molecule has 2 amide bonds. The first-order chi connectivity index (χ1) is 20.1. The second kappa shape index (κ2) is 14.0. The molecular weight excluding hydrogens is 546 g/mol. The van der Waals surface area contributed by atoms with Gasteiger partial charge in [-0.2, -0.15) is 0 Å². The number of hydrogen-bond donors (Lipinski definition) is 1. The Hall–Kier alpha value is -3.65. The van der Waals surface area contributed by atoms with Crippen LogP contribution in [-0.2, 0) is 32.6 Å². The molecule has 4 rings (SSSR count). The van der Waals surface area contributed by atoms with Crippen molar-refractivity contribution in [2.45, 2.75) is 89.7 Å². The predicted octanol–water partition coefficient (Wildman–Crippen LogP) is 5.93. The van der Waals surface area contributed by atoms with Gasteiger partial charge in [-0.25, -0.2) is 8.42 Å². The number of benzene rings is 3. The van der Waals surface area contributed by atoms with Gasteiger partial charge in [0.05, 0.1) is 10.6 Å². The lowest BCUT2D eigenvalue weighted by Crippen LogP contribution is -2.53. The molecule has 224 valence electrons. The second-order valence-corrected chi connectivity index (χ2v) is 13.2. The highest BCUT2D eigenvalue weighted by atomic mass is 32.2. The first kappa shape index (κ1) is 31.3. The van der Waals surface area contributed by atoms with Crippen LogP contribution < -0.4 is 9.62 Å². The third-order valence-electron chi connectivity index (χ3n) is 8.08. The molecule has 7 nitrogen and oxygen atoms in total. The highest BCUT2D eigenvalue weighted by molar-refractivity contribution is 7.92.